The van der Waals surface area contributed by atoms with Crippen LogP contribution in [0.15, 0.2) is 24.5 Å². The van der Waals surface area contributed by atoms with Crippen molar-refractivity contribution in [2.24, 2.45) is 0 Å². The molecule has 20 heavy (non-hydrogen) atoms. The lowest BCUT2D eigenvalue weighted by Crippen LogP contribution is -2.05. The second-order valence-corrected chi connectivity index (χ2v) is 3.57. The number of nitriles is 1. The Kier molecular flexibility index (Phi) is 3.39. The van der Waals surface area contributed by atoms with Crippen LogP contribution in [0, 0.1) is 21.4 Å². The van der Waals surface area contributed by atoms with E-state index < -0.39 is 10.9 Å². The summed E-state index contributed by atoms with van der Waals surface area (Å²) in [4.78, 5) is 25.0. The average molecular weight is 273 g/mol. The maximum Gasteiger partial charge on any atom is 0.377 e. The van der Waals surface area contributed by atoms with Crippen LogP contribution in [-0.2, 0) is 4.74 Å². The lowest BCUT2D eigenvalue weighted by Gasteiger charge is -2.01. The van der Waals surface area contributed by atoms with Crippen LogP contribution < -0.4 is 0 Å². The van der Waals surface area contributed by atoms with Crippen molar-refractivity contribution in [2.45, 2.75) is 0 Å². The van der Waals surface area contributed by atoms with Crippen molar-refractivity contribution in [1.29, 1.82) is 5.26 Å². The highest BCUT2D eigenvalue weighted by molar-refractivity contribution is 5.84. The van der Waals surface area contributed by atoms with Crippen LogP contribution in [-0.4, -0.2) is 32.8 Å². The topological polar surface area (TPSA) is 124 Å². The number of carbonyl (C=O) groups is 1. The van der Waals surface area contributed by atoms with Crippen LogP contribution in [0.3, 0.4) is 0 Å². The maximum absolute atomic E-state index is 11.2. The number of nitrogens with zero attached hydrogens (tertiary/aromatic N) is 5. The highest BCUT2D eigenvalue weighted by Crippen LogP contribution is 2.20. The largest absolute Gasteiger partial charge is 0.463 e. The molecule has 9 heteroatoms. The zero-order chi connectivity index (χ0) is 14.7. The molecule has 2 rings (SSSR count). The fourth-order valence-corrected chi connectivity index (χ4v) is 1.49. The summed E-state index contributed by atoms with van der Waals surface area (Å²) in [6, 6.07) is 5.60. The minimum Gasteiger partial charge on any atom is -0.463 e. The molecule has 0 fully saturated rings. The summed E-state index contributed by atoms with van der Waals surface area (Å²) < 4.78 is 5.68. The summed E-state index contributed by atoms with van der Waals surface area (Å²) in [6.45, 7) is 0. The minimum atomic E-state index is -0.703. The van der Waals surface area contributed by atoms with Gasteiger partial charge in [0.25, 0.3) is 11.5 Å². The van der Waals surface area contributed by atoms with Crippen molar-refractivity contribution in [3.8, 4) is 11.8 Å². The predicted molar refractivity (Wildman–Crippen MR) is 64.1 cm³/mol. The number of esters is 1. The van der Waals surface area contributed by atoms with Gasteiger partial charge in [0, 0.05) is 6.07 Å². The third-order valence-corrected chi connectivity index (χ3v) is 2.42. The van der Waals surface area contributed by atoms with E-state index in [2.05, 4.69) is 14.8 Å². The Hall–Kier alpha value is -3.28. The summed E-state index contributed by atoms with van der Waals surface area (Å²) in [7, 11) is 1.20. The van der Waals surface area contributed by atoms with Crippen molar-refractivity contribution in [3.05, 3.63) is 46.0 Å². The molecule has 1 aromatic heterocycles. The third kappa shape index (κ3) is 2.30. The number of ether oxygens (including phenoxy) is 1. The summed E-state index contributed by atoms with van der Waals surface area (Å²) in [5, 5.41) is 23.5. The van der Waals surface area contributed by atoms with E-state index in [-0.39, 0.29) is 17.1 Å². The van der Waals surface area contributed by atoms with Crippen LogP contribution in [0.5, 0.6) is 0 Å². The van der Waals surface area contributed by atoms with Gasteiger partial charge in [0.15, 0.2) is 0 Å². The van der Waals surface area contributed by atoms with Gasteiger partial charge in [-0.25, -0.2) is 14.5 Å². The molecule has 0 saturated heterocycles. The van der Waals surface area contributed by atoms with Gasteiger partial charge in [0.05, 0.1) is 17.7 Å². The molecule has 1 heterocycles. The molecule has 1 aromatic carbocycles. The second-order valence-electron chi connectivity index (χ2n) is 3.57. The Bertz CT molecular complexity index is 731. The van der Waals surface area contributed by atoms with Crippen LogP contribution in [0.2, 0.25) is 0 Å². The normalized spacial score (nSPS) is 9.80. The number of hydrogen-bond donors (Lipinski definition) is 0. The van der Waals surface area contributed by atoms with E-state index in [1.165, 1.54) is 36.3 Å². The van der Waals surface area contributed by atoms with E-state index in [4.69, 9.17) is 5.26 Å². The summed E-state index contributed by atoms with van der Waals surface area (Å²) in [6.07, 6.45) is 1.24. The molecule has 0 spiro atoms. The first-order chi connectivity index (χ1) is 9.56. The number of methoxy groups -OCH3 is 1. The number of aromatic nitrogens is 3. The number of nitro groups is 1. The lowest BCUT2D eigenvalue weighted by molar-refractivity contribution is -0.385. The Morgan fingerprint density at radius 2 is 2.30 bits per heavy atom. The molecule has 0 aliphatic heterocycles. The van der Waals surface area contributed by atoms with E-state index in [1.54, 1.807) is 6.07 Å². The Labute approximate surface area is 112 Å². The molecule has 100 valence electrons. The molecule has 0 aliphatic carbocycles. The summed E-state index contributed by atoms with van der Waals surface area (Å²) in [5.74, 6) is -0.851. The number of nitro benzene ring substituents is 1. The molecule has 0 bridgehead atoms. The van der Waals surface area contributed by atoms with Crippen molar-refractivity contribution < 1.29 is 14.5 Å². The van der Waals surface area contributed by atoms with Crippen LogP contribution >= 0.6 is 0 Å². The molecule has 0 atom stereocenters. The molecular formula is C11H7N5O4. The predicted octanol–water partition coefficient (Wildman–Crippen LogP) is 0.834. The van der Waals surface area contributed by atoms with Gasteiger partial charge in [-0.1, -0.05) is 0 Å². The Morgan fingerprint density at radius 3 is 2.90 bits per heavy atom. The monoisotopic (exact) mass is 273 g/mol. The molecule has 2 aromatic rings. The second kappa shape index (κ2) is 5.15. The first-order valence-electron chi connectivity index (χ1n) is 5.25. The quantitative estimate of drug-likeness (QED) is 0.460. The number of hydrogen-bond acceptors (Lipinski definition) is 7. The van der Waals surface area contributed by atoms with Gasteiger partial charge in [-0.05, 0) is 12.1 Å². The van der Waals surface area contributed by atoms with E-state index >= 15 is 0 Å². The van der Waals surface area contributed by atoms with E-state index in [9.17, 15) is 14.9 Å². The van der Waals surface area contributed by atoms with Gasteiger partial charge in [-0.2, -0.15) is 5.26 Å². The van der Waals surface area contributed by atoms with Gasteiger partial charge in [-0.3, -0.25) is 10.1 Å². The number of benzene rings is 1. The van der Waals surface area contributed by atoms with Gasteiger partial charge in [-0.15, -0.1) is 5.10 Å². The first kappa shape index (κ1) is 13.2. The molecule has 0 radical (unpaired) electrons. The molecular weight excluding hydrogens is 266 g/mol. The molecule has 0 saturated carbocycles. The Balaban J connectivity index is 2.44. The van der Waals surface area contributed by atoms with Crippen LogP contribution in [0.25, 0.3) is 5.69 Å². The number of carbonyl (C=O) groups excluding carboxylic acids is 1. The van der Waals surface area contributed by atoms with E-state index in [0.717, 1.165) is 0 Å². The molecule has 0 amide bonds. The molecule has 0 unspecified atom stereocenters. The zero-order valence-corrected chi connectivity index (χ0v) is 10.2. The van der Waals surface area contributed by atoms with Gasteiger partial charge >= 0.3 is 5.97 Å². The molecule has 0 aliphatic rings. The van der Waals surface area contributed by atoms with Crippen LogP contribution in [0.4, 0.5) is 5.69 Å². The lowest BCUT2D eigenvalue weighted by atomic mass is 10.2. The van der Waals surface area contributed by atoms with Gasteiger partial charge in [0.1, 0.15) is 18.0 Å². The van der Waals surface area contributed by atoms with E-state index in [0.29, 0.717) is 5.69 Å². The van der Waals surface area contributed by atoms with Crippen LogP contribution in [0.1, 0.15) is 16.2 Å². The van der Waals surface area contributed by atoms with E-state index in [1.807, 2.05) is 0 Å². The highest BCUT2D eigenvalue weighted by Gasteiger charge is 2.16. The fraction of sp³-hybridized carbons (Fsp3) is 0.0909. The van der Waals surface area contributed by atoms with Gasteiger partial charge < -0.3 is 4.74 Å². The molecule has 9 nitrogen and oxygen atoms in total. The van der Waals surface area contributed by atoms with Crippen molar-refractivity contribution in [2.75, 3.05) is 7.11 Å². The first-order valence-corrected chi connectivity index (χ1v) is 5.25. The highest BCUT2D eigenvalue weighted by atomic mass is 16.6. The van der Waals surface area contributed by atoms with Crippen molar-refractivity contribution in [1.82, 2.24) is 14.8 Å². The maximum atomic E-state index is 11.2. The minimum absolute atomic E-state index is 0.109. The summed E-state index contributed by atoms with van der Waals surface area (Å²) >= 11 is 0. The fourth-order valence-electron chi connectivity index (χ4n) is 1.49. The zero-order valence-electron chi connectivity index (χ0n) is 10.2. The Morgan fingerprint density at radius 1 is 1.55 bits per heavy atom. The standard InChI is InChI=1S/C11H7N5O4/c1-20-11(17)10-13-6-15(14-10)8-2-3-9(16(18)19)7(4-8)5-12/h2-4,6H,1H3. The summed E-state index contributed by atoms with van der Waals surface area (Å²) in [5.41, 5.74) is -0.0398. The average Bonchev–Trinajstić information content (AvgIpc) is 2.95. The third-order valence-electron chi connectivity index (χ3n) is 2.42. The van der Waals surface area contributed by atoms with Gasteiger partial charge in [0.2, 0.25) is 0 Å². The molecule has 0 N–H and O–H groups in total. The number of rotatable bonds is 3. The van der Waals surface area contributed by atoms with Crippen molar-refractivity contribution in [3.63, 3.8) is 0 Å². The smallest absolute Gasteiger partial charge is 0.377 e. The SMILES string of the molecule is COC(=O)c1ncn(-c2ccc([N+](=O)[O-])c(C#N)c2)n1. The van der Waals surface area contributed by atoms with Crippen molar-refractivity contribution >= 4 is 11.7 Å².